The number of amides is 3. The Kier molecular flexibility index (Phi) is 9.14. The van der Waals surface area contributed by atoms with Gasteiger partial charge in [-0.05, 0) is 25.7 Å². The molecule has 0 bridgehead atoms. The Balaban J connectivity index is 1.92. The molecule has 0 aliphatic carbocycles. The first kappa shape index (κ1) is 18.4. The van der Waals surface area contributed by atoms with Gasteiger partial charge in [0.25, 0.3) is 11.8 Å². The van der Waals surface area contributed by atoms with Gasteiger partial charge in [-0.1, -0.05) is 19.3 Å². The zero-order valence-electron chi connectivity index (χ0n) is 13.1. The number of nitrogens with zero attached hydrogens (tertiary/aromatic N) is 1. The van der Waals surface area contributed by atoms with Crippen LogP contribution in [-0.4, -0.2) is 47.4 Å². The van der Waals surface area contributed by atoms with Crippen molar-refractivity contribution in [2.75, 3.05) is 19.7 Å². The number of imide groups is 1. The van der Waals surface area contributed by atoms with Crippen LogP contribution in [0, 0.1) is 0 Å². The molecule has 0 saturated carbocycles. The van der Waals surface area contributed by atoms with Gasteiger partial charge >= 0.3 is 0 Å². The van der Waals surface area contributed by atoms with Crippen LogP contribution in [-0.2, 0) is 14.4 Å². The van der Waals surface area contributed by atoms with Crippen molar-refractivity contribution >= 4 is 17.7 Å². The van der Waals surface area contributed by atoms with E-state index in [-0.39, 0.29) is 24.3 Å². The summed E-state index contributed by atoms with van der Waals surface area (Å²) in [5, 5.41) is 11.5. The number of hydrogen-bond donors (Lipinski definition) is 2. The Morgan fingerprint density at radius 2 is 1.59 bits per heavy atom. The fraction of sp³-hybridized carbons (Fsp3) is 0.688. The molecule has 0 radical (unpaired) electrons. The second kappa shape index (κ2) is 11.0. The SMILES string of the molecule is O=C(CCCCCN1C(=O)C=CC1=O)NCCCCCCO. The first-order chi connectivity index (χ1) is 10.6. The highest BCUT2D eigenvalue weighted by atomic mass is 16.3. The topological polar surface area (TPSA) is 86.7 Å². The molecule has 0 saturated heterocycles. The summed E-state index contributed by atoms with van der Waals surface area (Å²) in [7, 11) is 0. The van der Waals surface area contributed by atoms with Gasteiger partial charge < -0.3 is 10.4 Å². The van der Waals surface area contributed by atoms with Gasteiger partial charge in [-0.15, -0.1) is 0 Å². The molecular formula is C16H26N2O4. The fourth-order valence-electron chi connectivity index (χ4n) is 2.29. The predicted octanol–water partition coefficient (Wildman–Crippen LogP) is 1.14. The van der Waals surface area contributed by atoms with Crippen LogP contribution in [0.3, 0.4) is 0 Å². The van der Waals surface area contributed by atoms with Crippen LogP contribution in [0.1, 0.15) is 51.4 Å². The normalized spacial score (nSPS) is 14.0. The number of hydrogen-bond acceptors (Lipinski definition) is 4. The van der Waals surface area contributed by atoms with E-state index < -0.39 is 0 Å². The van der Waals surface area contributed by atoms with Crippen molar-refractivity contribution < 1.29 is 19.5 Å². The van der Waals surface area contributed by atoms with Gasteiger partial charge in [0.15, 0.2) is 0 Å². The van der Waals surface area contributed by atoms with Crippen LogP contribution >= 0.6 is 0 Å². The minimum atomic E-state index is -0.246. The number of rotatable bonds is 12. The number of carbonyl (C=O) groups excluding carboxylic acids is 3. The maximum Gasteiger partial charge on any atom is 0.253 e. The van der Waals surface area contributed by atoms with Crippen LogP contribution < -0.4 is 5.32 Å². The number of aliphatic hydroxyl groups is 1. The third-order valence-electron chi connectivity index (χ3n) is 3.59. The summed E-state index contributed by atoms with van der Waals surface area (Å²) in [5.74, 6) is -0.440. The monoisotopic (exact) mass is 310 g/mol. The van der Waals surface area contributed by atoms with Crippen LogP contribution in [0.15, 0.2) is 12.2 Å². The van der Waals surface area contributed by atoms with E-state index in [0.717, 1.165) is 44.9 Å². The number of carbonyl (C=O) groups is 3. The minimum Gasteiger partial charge on any atom is -0.396 e. The summed E-state index contributed by atoms with van der Waals surface area (Å²) in [6.07, 6.45) is 9.16. The Hall–Kier alpha value is -1.69. The Morgan fingerprint density at radius 3 is 2.27 bits per heavy atom. The van der Waals surface area contributed by atoms with Crippen molar-refractivity contribution in [2.24, 2.45) is 0 Å². The van der Waals surface area contributed by atoms with E-state index in [1.807, 2.05) is 0 Å². The Morgan fingerprint density at radius 1 is 0.955 bits per heavy atom. The van der Waals surface area contributed by atoms with E-state index in [9.17, 15) is 14.4 Å². The number of unbranched alkanes of at least 4 members (excludes halogenated alkanes) is 5. The van der Waals surface area contributed by atoms with E-state index >= 15 is 0 Å². The fourth-order valence-corrected chi connectivity index (χ4v) is 2.29. The van der Waals surface area contributed by atoms with E-state index in [1.54, 1.807) is 0 Å². The van der Waals surface area contributed by atoms with Crippen LogP contribution in [0.4, 0.5) is 0 Å². The van der Waals surface area contributed by atoms with Crippen LogP contribution in [0.25, 0.3) is 0 Å². The first-order valence-corrected chi connectivity index (χ1v) is 8.06. The highest BCUT2D eigenvalue weighted by Crippen LogP contribution is 2.07. The lowest BCUT2D eigenvalue weighted by atomic mass is 10.1. The van der Waals surface area contributed by atoms with Gasteiger partial charge in [0, 0.05) is 38.3 Å². The highest BCUT2D eigenvalue weighted by molar-refractivity contribution is 6.12. The molecular weight excluding hydrogens is 284 g/mol. The molecule has 1 heterocycles. The van der Waals surface area contributed by atoms with Gasteiger partial charge in [-0.2, -0.15) is 0 Å². The maximum atomic E-state index is 11.6. The largest absolute Gasteiger partial charge is 0.396 e. The van der Waals surface area contributed by atoms with E-state index in [1.165, 1.54) is 17.1 Å². The molecule has 0 aromatic rings. The van der Waals surface area contributed by atoms with Crippen LogP contribution in [0.5, 0.6) is 0 Å². The maximum absolute atomic E-state index is 11.6. The summed E-state index contributed by atoms with van der Waals surface area (Å²) in [6.45, 7) is 1.35. The molecule has 1 rings (SSSR count). The average Bonchev–Trinajstić information content (AvgIpc) is 2.82. The molecule has 1 aliphatic heterocycles. The van der Waals surface area contributed by atoms with Gasteiger partial charge in [0.05, 0.1) is 0 Å². The molecule has 0 aromatic heterocycles. The molecule has 2 N–H and O–H groups in total. The van der Waals surface area contributed by atoms with Gasteiger partial charge in [-0.3, -0.25) is 19.3 Å². The zero-order chi connectivity index (χ0) is 16.2. The second-order valence-corrected chi connectivity index (χ2v) is 5.46. The second-order valence-electron chi connectivity index (χ2n) is 5.46. The minimum absolute atomic E-state index is 0.0529. The van der Waals surface area contributed by atoms with E-state index in [2.05, 4.69) is 5.32 Å². The van der Waals surface area contributed by atoms with Gasteiger partial charge in [0.1, 0.15) is 0 Å². The molecule has 0 aromatic carbocycles. The summed E-state index contributed by atoms with van der Waals surface area (Å²) >= 11 is 0. The lowest BCUT2D eigenvalue weighted by Gasteiger charge is -2.13. The van der Waals surface area contributed by atoms with Gasteiger partial charge in [-0.25, -0.2) is 0 Å². The predicted molar refractivity (Wildman–Crippen MR) is 82.9 cm³/mol. The molecule has 3 amide bonds. The van der Waals surface area contributed by atoms with Crippen molar-refractivity contribution in [1.29, 1.82) is 0 Å². The summed E-state index contributed by atoms with van der Waals surface area (Å²) in [4.78, 5) is 35.4. The first-order valence-electron chi connectivity index (χ1n) is 8.06. The Labute approximate surface area is 131 Å². The third-order valence-corrected chi connectivity index (χ3v) is 3.59. The molecule has 124 valence electrons. The third kappa shape index (κ3) is 7.36. The van der Waals surface area contributed by atoms with Crippen molar-refractivity contribution in [3.8, 4) is 0 Å². The summed E-state index contributed by atoms with van der Waals surface area (Å²) in [5.41, 5.74) is 0. The lowest BCUT2D eigenvalue weighted by Crippen LogP contribution is -2.30. The number of aliphatic hydroxyl groups excluding tert-OH is 1. The summed E-state index contributed by atoms with van der Waals surface area (Å²) < 4.78 is 0. The van der Waals surface area contributed by atoms with Crippen molar-refractivity contribution in [1.82, 2.24) is 10.2 Å². The van der Waals surface area contributed by atoms with E-state index in [4.69, 9.17) is 5.11 Å². The standard InChI is InChI=1S/C16H26N2O4/c19-13-7-2-1-5-11-17-14(20)8-4-3-6-12-18-15(21)9-10-16(18)22/h9-10,19H,1-8,11-13H2,(H,17,20). The molecule has 6 heteroatoms. The average molecular weight is 310 g/mol. The molecule has 0 spiro atoms. The molecule has 0 fully saturated rings. The highest BCUT2D eigenvalue weighted by Gasteiger charge is 2.22. The van der Waals surface area contributed by atoms with E-state index in [0.29, 0.717) is 19.5 Å². The molecule has 1 aliphatic rings. The molecule has 6 nitrogen and oxygen atoms in total. The number of nitrogens with one attached hydrogen (secondary N) is 1. The van der Waals surface area contributed by atoms with Crippen molar-refractivity contribution in [2.45, 2.75) is 51.4 Å². The smallest absolute Gasteiger partial charge is 0.253 e. The Bertz CT molecular complexity index is 389. The quantitative estimate of drug-likeness (QED) is 0.418. The lowest BCUT2D eigenvalue weighted by molar-refractivity contribution is -0.136. The molecule has 0 atom stereocenters. The molecule has 22 heavy (non-hydrogen) atoms. The van der Waals surface area contributed by atoms with Crippen molar-refractivity contribution in [3.05, 3.63) is 12.2 Å². The summed E-state index contributed by atoms with van der Waals surface area (Å²) in [6, 6.07) is 0. The van der Waals surface area contributed by atoms with Crippen molar-refractivity contribution in [3.63, 3.8) is 0 Å². The van der Waals surface area contributed by atoms with Gasteiger partial charge in [0.2, 0.25) is 5.91 Å². The zero-order valence-corrected chi connectivity index (χ0v) is 13.1. The van der Waals surface area contributed by atoms with Crippen LogP contribution in [0.2, 0.25) is 0 Å². The molecule has 0 unspecified atom stereocenters.